The second-order valence-electron chi connectivity index (χ2n) is 11.3. The number of carbonyl (C=O) groups excluding carboxylic acids is 1. The highest BCUT2D eigenvalue weighted by atomic mass is 16.7. The third-order valence-electron chi connectivity index (χ3n) is 9.53. The number of ether oxygens (including phenoxy) is 3. The van der Waals surface area contributed by atoms with Crippen LogP contribution in [0.3, 0.4) is 0 Å². The van der Waals surface area contributed by atoms with Crippen molar-refractivity contribution in [3.63, 3.8) is 0 Å². The average Bonchev–Trinajstić information content (AvgIpc) is 3.31. The third-order valence-corrected chi connectivity index (χ3v) is 9.53. The van der Waals surface area contributed by atoms with Crippen molar-refractivity contribution in [3.8, 4) is 0 Å². The summed E-state index contributed by atoms with van der Waals surface area (Å²) in [7, 11) is 1.33. The minimum atomic E-state index is -1.56. The molecule has 0 bridgehead atoms. The van der Waals surface area contributed by atoms with E-state index < -0.39 is 43.3 Å². The molecule has 0 aromatic heterocycles. The number of aliphatic hydroxyl groups is 4. The number of nitrogens with one attached hydrogen (secondary N) is 1. The second-order valence-corrected chi connectivity index (χ2v) is 11.3. The smallest absolute Gasteiger partial charge is 0.337 e. The van der Waals surface area contributed by atoms with Crippen LogP contribution in [0, 0.1) is 17.8 Å². The van der Waals surface area contributed by atoms with Crippen LogP contribution in [-0.4, -0.2) is 107 Å². The van der Waals surface area contributed by atoms with Crippen molar-refractivity contribution in [1.29, 1.82) is 0 Å². The zero-order valence-electron chi connectivity index (χ0n) is 21.7. The maximum Gasteiger partial charge on any atom is 0.337 e. The molecule has 5 rings (SSSR count). The number of methoxy groups -OCH3 is 1. The summed E-state index contributed by atoms with van der Waals surface area (Å²) < 4.78 is 16.3. The minimum Gasteiger partial charge on any atom is -0.469 e. The molecule has 0 aromatic carbocycles. The molecule has 11 atom stereocenters. The first-order chi connectivity index (χ1) is 17.9. The number of nitrogens with zero attached hydrogens (tertiary/aromatic N) is 1. The van der Waals surface area contributed by atoms with Crippen LogP contribution in [-0.2, 0) is 19.0 Å². The molecule has 10 nitrogen and oxygen atoms in total. The Morgan fingerprint density at radius 2 is 1.92 bits per heavy atom. The van der Waals surface area contributed by atoms with Gasteiger partial charge >= 0.3 is 5.97 Å². The molecule has 5 aliphatic rings. The number of esters is 1. The van der Waals surface area contributed by atoms with Gasteiger partial charge in [0.1, 0.15) is 24.4 Å². The molecule has 11 unspecified atom stereocenters. The van der Waals surface area contributed by atoms with Crippen molar-refractivity contribution in [2.75, 3.05) is 26.8 Å². The van der Waals surface area contributed by atoms with Crippen molar-refractivity contribution in [2.24, 2.45) is 17.8 Å². The van der Waals surface area contributed by atoms with Crippen molar-refractivity contribution in [2.45, 2.75) is 94.3 Å². The maximum atomic E-state index is 13.0. The van der Waals surface area contributed by atoms with Gasteiger partial charge in [0.05, 0.1) is 25.6 Å². The van der Waals surface area contributed by atoms with E-state index in [0.717, 1.165) is 31.0 Å². The van der Waals surface area contributed by atoms with Crippen LogP contribution in [0.4, 0.5) is 0 Å². The van der Waals surface area contributed by atoms with E-state index >= 15 is 0 Å². The van der Waals surface area contributed by atoms with Crippen LogP contribution >= 0.6 is 0 Å². The Bertz CT molecular complexity index is 894. The van der Waals surface area contributed by atoms with Gasteiger partial charge in [-0.15, -0.1) is 0 Å². The highest BCUT2D eigenvalue weighted by Gasteiger charge is 2.52. The number of allylic oxidation sites excluding steroid dienone is 1. The van der Waals surface area contributed by atoms with E-state index in [1.54, 1.807) is 0 Å². The standard InChI is InChI=1S/C27H42N2O8/c1-3-14-11-29-9-8-16-15-6-4-5-7-19(15)28-22(16)20(29)10-17(14)18(26(34)35-2)13-36-27-25(33)24(32)23(31)21(12-30)37-27/h3,13,15-17,19-25,27-28,30-33H,4-12H2,1-2H3. The lowest BCUT2D eigenvalue weighted by molar-refractivity contribution is -0.288. The number of rotatable bonds is 5. The Kier molecular flexibility index (Phi) is 8.26. The van der Waals surface area contributed by atoms with E-state index in [4.69, 9.17) is 14.2 Å². The van der Waals surface area contributed by atoms with E-state index in [1.165, 1.54) is 45.5 Å². The number of aliphatic hydroxyl groups excluding tert-OH is 4. The quantitative estimate of drug-likeness (QED) is 0.146. The zero-order chi connectivity index (χ0) is 26.3. The van der Waals surface area contributed by atoms with Gasteiger partial charge in [0.25, 0.3) is 0 Å². The summed E-state index contributed by atoms with van der Waals surface area (Å²) in [6, 6.07) is 1.28. The topological polar surface area (TPSA) is 141 Å². The fourth-order valence-electron chi connectivity index (χ4n) is 7.57. The predicted molar refractivity (Wildman–Crippen MR) is 133 cm³/mol. The van der Waals surface area contributed by atoms with Crippen molar-refractivity contribution < 1.29 is 39.4 Å². The fourth-order valence-corrected chi connectivity index (χ4v) is 7.57. The van der Waals surface area contributed by atoms with Crippen molar-refractivity contribution in [3.05, 3.63) is 23.5 Å². The molecule has 0 spiro atoms. The molecule has 208 valence electrons. The summed E-state index contributed by atoms with van der Waals surface area (Å²) in [5, 5.41) is 44.0. The van der Waals surface area contributed by atoms with Gasteiger partial charge in [0.2, 0.25) is 6.29 Å². The number of hydrogen-bond acceptors (Lipinski definition) is 10. The minimum absolute atomic E-state index is 0.230. The van der Waals surface area contributed by atoms with E-state index in [9.17, 15) is 25.2 Å². The lowest BCUT2D eigenvalue weighted by Gasteiger charge is -2.49. The molecule has 37 heavy (non-hydrogen) atoms. The van der Waals surface area contributed by atoms with Gasteiger partial charge in [0, 0.05) is 30.6 Å². The van der Waals surface area contributed by atoms with Crippen molar-refractivity contribution >= 4 is 5.97 Å². The first-order valence-electron chi connectivity index (χ1n) is 13.8. The average molecular weight is 523 g/mol. The Morgan fingerprint density at radius 1 is 1.14 bits per heavy atom. The molecule has 4 saturated heterocycles. The molecule has 10 heteroatoms. The molecule has 4 aliphatic heterocycles. The molecular formula is C27H42N2O8. The van der Waals surface area contributed by atoms with Gasteiger partial charge in [-0.2, -0.15) is 0 Å². The molecule has 1 aliphatic carbocycles. The van der Waals surface area contributed by atoms with Crippen LogP contribution in [0.5, 0.6) is 0 Å². The molecule has 0 aromatic rings. The molecule has 0 amide bonds. The molecule has 0 radical (unpaired) electrons. The Morgan fingerprint density at radius 3 is 2.65 bits per heavy atom. The second kappa shape index (κ2) is 11.3. The first kappa shape index (κ1) is 27.1. The van der Waals surface area contributed by atoms with Gasteiger partial charge in [-0.25, -0.2) is 4.79 Å². The lowest BCUT2D eigenvalue weighted by Crippen LogP contribution is -2.59. The van der Waals surface area contributed by atoms with Gasteiger partial charge in [0.15, 0.2) is 0 Å². The van der Waals surface area contributed by atoms with E-state index in [1.807, 2.05) is 6.92 Å². The zero-order valence-corrected chi connectivity index (χ0v) is 21.7. The van der Waals surface area contributed by atoms with Gasteiger partial charge in [-0.1, -0.05) is 24.5 Å². The summed E-state index contributed by atoms with van der Waals surface area (Å²) in [5.41, 5.74) is 1.43. The summed E-state index contributed by atoms with van der Waals surface area (Å²) in [6.07, 6.45) is 3.37. The van der Waals surface area contributed by atoms with Crippen LogP contribution < -0.4 is 5.32 Å². The highest BCUT2D eigenvalue weighted by Crippen LogP contribution is 2.47. The summed E-state index contributed by atoms with van der Waals surface area (Å²) in [5.74, 6) is 0.650. The first-order valence-corrected chi connectivity index (χ1v) is 13.8. The normalized spacial score (nSPS) is 45.6. The van der Waals surface area contributed by atoms with Crippen LogP contribution in [0.1, 0.15) is 45.4 Å². The molecule has 4 heterocycles. The van der Waals surface area contributed by atoms with E-state index in [0.29, 0.717) is 29.6 Å². The Hall–Kier alpha value is -1.53. The van der Waals surface area contributed by atoms with E-state index in [-0.39, 0.29) is 5.92 Å². The van der Waals surface area contributed by atoms with E-state index in [2.05, 4.69) is 16.3 Å². The van der Waals surface area contributed by atoms with Gasteiger partial charge in [-0.05, 0) is 51.0 Å². The summed E-state index contributed by atoms with van der Waals surface area (Å²) in [4.78, 5) is 15.5. The Labute approximate surface area is 218 Å². The fraction of sp³-hybridized carbons (Fsp3) is 0.815. The van der Waals surface area contributed by atoms with Gasteiger partial charge in [-0.3, -0.25) is 4.90 Å². The lowest BCUT2D eigenvalue weighted by atomic mass is 9.70. The summed E-state index contributed by atoms with van der Waals surface area (Å²) in [6.45, 7) is 3.24. The molecule has 1 saturated carbocycles. The number of hydrogen-bond donors (Lipinski definition) is 5. The summed E-state index contributed by atoms with van der Waals surface area (Å²) >= 11 is 0. The number of carbonyl (C=O) groups is 1. The molecular weight excluding hydrogens is 480 g/mol. The molecule has 5 N–H and O–H groups in total. The monoisotopic (exact) mass is 522 g/mol. The largest absolute Gasteiger partial charge is 0.469 e. The third kappa shape index (κ3) is 4.97. The maximum absolute atomic E-state index is 13.0. The highest BCUT2D eigenvalue weighted by molar-refractivity contribution is 5.89. The van der Waals surface area contributed by atoms with Crippen LogP contribution in [0.15, 0.2) is 23.5 Å². The number of piperidine rings is 2. The van der Waals surface area contributed by atoms with Crippen LogP contribution in [0.25, 0.3) is 0 Å². The van der Waals surface area contributed by atoms with Crippen LogP contribution in [0.2, 0.25) is 0 Å². The number of fused-ring (bicyclic) bond motifs is 5. The molecule has 5 fully saturated rings. The van der Waals surface area contributed by atoms with Crippen molar-refractivity contribution in [1.82, 2.24) is 10.2 Å². The Balaban J connectivity index is 1.38. The van der Waals surface area contributed by atoms with Gasteiger partial charge < -0.3 is 40.0 Å². The predicted octanol–water partition coefficient (Wildman–Crippen LogP) is 0.0471. The SMILES string of the molecule is CC=C1CN2CCC3C4CCCCC4NC3C2CC1C(=COC1OC(CO)C(O)C(O)C1O)C(=O)OC.